The number of anilines is 1. The van der Waals surface area contributed by atoms with Crippen molar-refractivity contribution in [1.82, 2.24) is 10.3 Å². The maximum atomic E-state index is 12.4. The number of para-hydroxylation sites is 1. The van der Waals surface area contributed by atoms with Crippen LogP contribution in [0.5, 0.6) is 5.75 Å². The molecule has 25 heavy (non-hydrogen) atoms. The Morgan fingerprint density at radius 1 is 1.24 bits per heavy atom. The molecule has 0 radical (unpaired) electrons. The molecule has 1 saturated carbocycles. The summed E-state index contributed by atoms with van der Waals surface area (Å²) in [6.07, 6.45) is 9.04. The lowest BCUT2D eigenvalue weighted by atomic mass is 10.1. The monoisotopic (exact) mass is 339 g/mol. The third kappa shape index (κ3) is 4.72. The molecule has 0 unspecified atom stereocenters. The number of ether oxygens (including phenoxy) is 1. The Bertz CT molecular complexity index is 712. The standard InChI is InChI=1S/C20H25N3O2/c1-25-19-9-5-2-6-15(19)10-11-22-20(24)16-12-18(14-21-13-16)23-17-7-3-4-8-17/h2,5-6,9,12-14,17,23H,3-4,7-8,10-11H2,1H3,(H,22,24). The van der Waals surface area contributed by atoms with Gasteiger partial charge in [-0.15, -0.1) is 0 Å². The quantitative estimate of drug-likeness (QED) is 0.811. The largest absolute Gasteiger partial charge is 0.496 e. The van der Waals surface area contributed by atoms with Crippen LogP contribution in [0, 0.1) is 0 Å². The highest BCUT2D eigenvalue weighted by Gasteiger charge is 2.15. The molecule has 132 valence electrons. The fraction of sp³-hybridized carbons (Fsp3) is 0.400. The number of hydrogen-bond acceptors (Lipinski definition) is 4. The smallest absolute Gasteiger partial charge is 0.252 e. The normalized spacial score (nSPS) is 14.3. The summed E-state index contributed by atoms with van der Waals surface area (Å²) in [4.78, 5) is 16.6. The number of methoxy groups -OCH3 is 1. The van der Waals surface area contributed by atoms with Gasteiger partial charge in [0.05, 0.1) is 18.4 Å². The van der Waals surface area contributed by atoms with Crippen LogP contribution < -0.4 is 15.4 Å². The molecule has 5 heteroatoms. The summed E-state index contributed by atoms with van der Waals surface area (Å²) in [5.74, 6) is 0.749. The van der Waals surface area contributed by atoms with E-state index >= 15 is 0 Å². The maximum absolute atomic E-state index is 12.4. The van der Waals surface area contributed by atoms with E-state index in [0.29, 0.717) is 18.2 Å². The lowest BCUT2D eigenvalue weighted by Gasteiger charge is -2.14. The number of hydrogen-bond donors (Lipinski definition) is 2. The number of nitrogens with zero attached hydrogens (tertiary/aromatic N) is 1. The van der Waals surface area contributed by atoms with E-state index in [2.05, 4.69) is 15.6 Å². The first kappa shape index (κ1) is 17.3. The molecule has 0 bridgehead atoms. The van der Waals surface area contributed by atoms with Gasteiger partial charge in [0.2, 0.25) is 0 Å². The molecule has 0 spiro atoms. The second-order valence-corrected chi connectivity index (χ2v) is 6.41. The van der Waals surface area contributed by atoms with Crippen molar-refractivity contribution < 1.29 is 9.53 Å². The van der Waals surface area contributed by atoms with Crippen molar-refractivity contribution in [3.63, 3.8) is 0 Å². The molecule has 1 aliphatic rings. The van der Waals surface area contributed by atoms with E-state index in [4.69, 9.17) is 4.74 Å². The second kappa shape index (κ2) is 8.51. The van der Waals surface area contributed by atoms with Gasteiger partial charge >= 0.3 is 0 Å². The van der Waals surface area contributed by atoms with Crippen molar-refractivity contribution in [2.75, 3.05) is 19.0 Å². The first-order valence-electron chi connectivity index (χ1n) is 8.88. The fourth-order valence-electron chi connectivity index (χ4n) is 3.27. The number of amides is 1. The Morgan fingerprint density at radius 3 is 2.84 bits per heavy atom. The van der Waals surface area contributed by atoms with E-state index in [9.17, 15) is 4.79 Å². The number of carbonyl (C=O) groups excluding carboxylic acids is 1. The predicted molar refractivity (Wildman–Crippen MR) is 99.1 cm³/mol. The summed E-state index contributed by atoms with van der Waals surface area (Å²) >= 11 is 0. The molecule has 1 amide bonds. The first-order valence-corrected chi connectivity index (χ1v) is 8.88. The molecule has 1 aliphatic carbocycles. The molecule has 3 rings (SSSR count). The molecular weight excluding hydrogens is 314 g/mol. The number of benzene rings is 1. The van der Waals surface area contributed by atoms with E-state index in [0.717, 1.165) is 23.4 Å². The topological polar surface area (TPSA) is 63.2 Å². The van der Waals surface area contributed by atoms with Gasteiger partial charge in [-0.2, -0.15) is 0 Å². The number of pyridine rings is 1. The SMILES string of the molecule is COc1ccccc1CCNC(=O)c1cncc(NC2CCCC2)c1. The molecule has 1 fully saturated rings. The van der Waals surface area contributed by atoms with E-state index in [1.54, 1.807) is 19.5 Å². The van der Waals surface area contributed by atoms with Crippen LogP contribution >= 0.6 is 0 Å². The van der Waals surface area contributed by atoms with Crippen molar-refractivity contribution >= 4 is 11.6 Å². The van der Waals surface area contributed by atoms with E-state index in [1.807, 2.05) is 30.3 Å². The lowest BCUT2D eigenvalue weighted by molar-refractivity contribution is 0.0953. The Balaban J connectivity index is 1.54. The summed E-state index contributed by atoms with van der Waals surface area (Å²) in [6.45, 7) is 0.555. The molecule has 0 aliphatic heterocycles. The van der Waals surface area contributed by atoms with Crippen molar-refractivity contribution in [3.8, 4) is 5.75 Å². The molecule has 0 atom stereocenters. The molecule has 1 heterocycles. The highest BCUT2D eigenvalue weighted by Crippen LogP contribution is 2.22. The molecule has 1 aromatic carbocycles. The first-order chi connectivity index (χ1) is 12.3. The van der Waals surface area contributed by atoms with Crippen LogP contribution in [0.25, 0.3) is 0 Å². The zero-order chi connectivity index (χ0) is 17.5. The average Bonchev–Trinajstić information content (AvgIpc) is 3.15. The number of nitrogens with one attached hydrogen (secondary N) is 2. The van der Waals surface area contributed by atoms with Gasteiger partial charge in [-0.05, 0) is 37.0 Å². The number of carbonyl (C=O) groups is 1. The van der Waals surface area contributed by atoms with Crippen molar-refractivity contribution in [2.45, 2.75) is 38.1 Å². The molecule has 1 aromatic heterocycles. The summed E-state index contributed by atoms with van der Waals surface area (Å²) in [6, 6.07) is 10.2. The summed E-state index contributed by atoms with van der Waals surface area (Å²) in [5.41, 5.74) is 2.59. The summed E-state index contributed by atoms with van der Waals surface area (Å²) < 4.78 is 5.34. The Labute approximate surface area is 148 Å². The second-order valence-electron chi connectivity index (χ2n) is 6.41. The van der Waals surface area contributed by atoms with Crippen LogP contribution in [0.1, 0.15) is 41.6 Å². The number of aromatic nitrogens is 1. The van der Waals surface area contributed by atoms with Crippen LogP contribution in [0.4, 0.5) is 5.69 Å². The van der Waals surface area contributed by atoms with E-state index in [1.165, 1.54) is 25.7 Å². The Hall–Kier alpha value is -2.56. The fourth-order valence-corrected chi connectivity index (χ4v) is 3.27. The minimum Gasteiger partial charge on any atom is -0.496 e. The van der Waals surface area contributed by atoms with Crippen LogP contribution in [0.2, 0.25) is 0 Å². The van der Waals surface area contributed by atoms with Gasteiger partial charge in [-0.3, -0.25) is 9.78 Å². The third-order valence-electron chi connectivity index (χ3n) is 4.60. The summed E-state index contributed by atoms with van der Waals surface area (Å²) in [7, 11) is 1.66. The molecule has 5 nitrogen and oxygen atoms in total. The minimum absolute atomic E-state index is 0.0996. The van der Waals surface area contributed by atoms with E-state index < -0.39 is 0 Å². The minimum atomic E-state index is -0.0996. The highest BCUT2D eigenvalue weighted by atomic mass is 16.5. The van der Waals surface area contributed by atoms with Crippen LogP contribution in [0.15, 0.2) is 42.7 Å². The van der Waals surface area contributed by atoms with Crippen LogP contribution in [-0.2, 0) is 6.42 Å². The van der Waals surface area contributed by atoms with Gasteiger partial charge in [0.25, 0.3) is 5.91 Å². The van der Waals surface area contributed by atoms with Crippen molar-refractivity contribution in [1.29, 1.82) is 0 Å². The van der Waals surface area contributed by atoms with Crippen LogP contribution in [-0.4, -0.2) is 30.6 Å². The molecular formula is C20H25N3O2. The van der Waals surface area contributed by atoms with Gasteiger partial charge in [0.1, 0.15) is 5.75 Å². The molecule has 2 aromatic rings. The average molecular weight is 339 g/mol. The Kier molecular flexibility index (Phi) is 5.88. The number of rotatable bonds is 7. The van der Waals surface area contributed by atoms with E-state index in [-0.39, 0.29) is 5.91 Å². The van der Waals surface area contributed by atoms with Gasteiger partial charge in [-0.1, -0.05) is 31.0 Å². The maximum Gasteiger partial charge on any atom is 0.252 e. The molecule has 0 saturated heterocycles. The summed E-state index contributed by atoms with van der Waals surface area (Å²) in [5, 5.41) is 6.43. The predicted octanol–water partition coefficient (Wildman–Crippen LogP) is 3.42. The molecule has 2 N–H and O–H groups in total. The Morgan fingerprint density at radius 2 is 2.04 bits per heavy atom. The van der Waals surface area contributed by atoms with Crippen molar-refractivity contribution in [3.05, 3.63) is 53.9 Å². The zero-order valence-corrected chi connectivity index (χ0v) is 14.6. The third-order valence-corrected chi connectivity index (χ3v) is 4.60. The van der Waals surface area contributed by atoms with Crippen LogP contribution in [0.3, 0.4) is 0 Å². The van der Waals surface area contributed by atoms with Crippen molar-refractivity contribution in [2.24, 2.45) is 0 Å². The zero-order valence-electron chi connectivity index (χ0n) is 14.6. The van der Waals surface area contributed by atoms with Gasteiger partial charge in [-0.25, -0.2) is 0 Å². The highest BCUT2D eigenvalue weighted by molar-refractivity contribution is 5.94. The van der Waals surface area contributed by atoms with Gasteiger partial charge in [0, 0.05) is 25.0 Å². The van der Waals surface area contributed by atoms with Gasteiger partial charge in [0.15, 0.2) is 0 Å². The van der Waals surface area contributed by atoms with Gasteiger partial charge < -0.3 is 15.4 Å². The lowest BCUT2D eigenvalue weighted by Crippen LogP contribution is -2.26.